The number of likely N-dealkylation sites (N-methyl/N-ethyl adjacent to an activating group) is 1. The van der Waals surface area contributed by atoms with Crippen molar-refractivity contribution < 1.29 is 4.79 Å². The van der Waals surface area contributed by atoms with Crippen LogP contribution in [0.1, 0.15) is 39.5 Å². The van der Waals surface area contributed by atoms with Crippen LogP contribution in [0.25, 0.3) is 0 Å². The zero-order valence-corrected chi connectivity index (χ0v) is 11.0. The number of carbonyl (C=O) groups excluding carboxylic acids is 1. The Bertz CT molecular complexity index is 286. The van der Waals surface area contributed by atoms with Crippen molar-refractivity contribution in [3.8, 4) is 0 Å². The highest BCUT2D eigenvalue weighted by atomic mass is 16.1. The number of nitrogens with one attached hydrogen (secondary N) is 1. The van der Waals surface area contributed by atoms with E-state index in [9.17, 15) is 4.79 Å². The summed E-state index contributed by atoms with van der Waals surface area (Å²) in [6, 6.07) is 0.702. The van der Waals surface area contributed by atoms with E-state index < -0.39 is 5.54 Å². The molecule has 0 aromatic heterocycles. The molecule has 0 radical (unpaired) electrons. The van der Waals surface area contributed by atoms with Crippen LogP contribution < -0.4 is 11.1 Å². The number of nitrogens with two attached hydrogens (primary N) is 1. The second-order valence-electron chi connectivity index (χ2n) is 5.83. The average Bonchev–Trinajstić information content (AvgIpc) is 3.12. The summed E-state index contributed by atoms with van der Waals surface area (Å²) in [5, 5.41) is 3.25. The molecule has 2 fully saturated rings. The maximum atomic E-state index is 11.6. The van der Waals surface area contributed by atoms with Gasteiger partial charge < -0.3 is 11.1 Å². The maximum absolute atomic E-state index is 11.6. The highest BCUT2D eigenvalue weighted by Gasteiger charge is 2.39. The van der Waals surface area contributed by atoms with Gasteiger partial charge in [0.25, 0.3) is 0 Å². The first-order valence-electron chi connectivity index (χ1n) is 6.84. The maximum Gasteiger partial charge on any atom is 0.238 e. The Morgan fingerprint density at radius 2 is 2.06 bits per heavy atom. The lowest BCUT2D eigenvalue weighted by atomic mass is 10.00. The molecule has 0 aromatic carbocycles. The number of nitrogens with zero attached hydrogens (tertiary/aromatic N) is 1. The van der Waals surface area contributed by atoms with E-state index >= 15 is 0 Å². The fourth-order valence-electron chi connectivity index (χ4n) is 2.43. The molecule has 98 valence electrons. The van der Waals surface area contributed by atoms with Gasteiger partial charge in [0.05, 0.1) is 0 Å². The Hall–Kier alpha value is -0.610. The van der Waals surface area contributed by atoms with Crippen LogP contribution >= 0.6 is 0 Å². The topological polar surface area (TPSA) is 58.4 Å². The van der Waals surface area contributed by atoms with E-state index in [-0.39, 0.29) is 5.91 Å². The number of rotatable bonds is 8. The monoisotopic (exact) mass is 239 g/mol. The van der Waals surface area contributed by atoms with Crippen molar-refractivity contribution in [2.45, 2.75) is 51.1 Å². The van der Waals surface area contributed by atoms with Gasteiger partial charge in [-0.2, -0.15) is 0 Å². The van der Waals surface area contributed by atoms with Crippen LogP contribution in [0.5, 0.6) is 0 Å². The van der Waals surface area contributed by atoms with Gasteiger partial charge in [-0.25, -0.2) is 0 Å². The lowest BCUT2D eigenvalue weighted by Crippen LogP contribution is -2.60. The molecule has 0 saturated heterocycles. The summed E-state index contributed by atoms with van der Waals surface area (Å²) in [5.74, 6) is 0.634. The quantitative estimate of drug-likeness (QED) is 0.656. The fraction of sp³-hybridized carbons (Fsp3) is 0.923. The number of hydrogen-bond acceptors (Lipinski definition) is 3. The third-order valence-electron chi connectivity index (χ3n) is 3.88. The van der Waals surface area contributed by atoms with Crippen LogP contribution in [0.15, 0.2) is 0 Å². The summed E-state index contributed by atoms with van der Waals surface area (Å²) in [6.07, 6.45) is 5.29. The molecule has 17 heavy (non-hydrogen) atoms. The second-order valence-corrected chi connectivity index (χ2v) is 5.83. The van der Waals surface area contributed by atoms with Crippen molar-refractivity contribution in [1.82, 2.24) is 10.2 Å². The standard InChI is InChI=1S/C13H25N3O/c1-3-15-13(2,12(14)17)9-16(11-6-7-11)8-10-4-5-10/h10-11,15H,3-9H2,1-2H3,(H2,14,17). The van der Waals surface area contributed by atoms with Crippen LogP contribution in [0, 0.1) is 5.92 Å². The van der Waals surface area contributed by atoms with Crippen LogP contribution in [-0.2, 0) is 4.79 Å². The van der Waals surface area contributed by atoms with Crippen LogP contribution in [0.4, 0.5) is 0 Å². The first-order chi connectivity index (χ1) is 8.05. The van der Waals surface area contributed by atoms with Crippen LogP contribution in [-0.4, -0.2) is 42.0 Å². The minimum absolute atomic E-state index is 0.235. The lowest BCUT2D eigenvalue weighted by Gasteiger charge is -2.34. The van der Waals surface area contributed by atoms with E-state index in [0.717, 1.165) is 25.6 Å². The van der Waals surface area contributed by atoms with Gasteiger partial charge >= 0.3 is 0 Å². The second kappa shape index (κ2) is 4.94. The highest BCUT2D eigenvalue weighted by molar-refractivity contribution is 5.84. The van der Waals surface area contributed by atoms with E-state index in [4.69, 9.17) is 5.73 Å². The van der Waals surface area contributed by atoms with Crippen molar-refractivity contribution in [3.63, 3.8) is 0 Å². The predicted molar refractivity (Wildman–Crippen MR) is 68.6 cm³/mol. The van der Waals surface area contributed by atoms with Crippen molar-refractivity contribution in [1.29, 1.82) is 0 Å². The molecular formula is C13H25N3O. The molecule has 1 amide bonds. The van der Waals surface area contributed by atoms with Gasteiger partial charge in [0.1, 0.15) is 5.54 Å². The molecule has 1 atom stereocenters. The Morgan fingerprint density at radius 3 is 2.47 bits per heavy atom. The fourth-order valence-corrected chi connectivity index (χ4v) is 2.43. The molecule has 2 rings (SSSR count). The van der Waals surface area contributed by atoms with Gasteiger partial charge in [-0.3, -0.25) is 9.69 Å². The molecule has 0 aliphatic heterocycles. The van der Waals surface area contributed by atoms with E-state index in [0.29, 0.717) is 6.04 Å². The Morgan fingerprint density at radius 1 is 1.41 bits per heavy atom. The third kappa shape index (κ3) is 3.42. The molecule has 2 aliphatic carbocycles. The Labute approximate surface area is 104 Å². The van der Waals surface area contributed by atoms with Crippen molar-refractivity contribution in [2.75, 3.05) is 19.6 Å². The van der Waals surface area contributed by atoms with E-state index in [1.54, 1.807) is 0 Å². The predicted octanol–water partition coefficient (Wildman–Crippen LogP) is 0.714. The van der Waals surface area contributed by atoms with Crippen molar-refractivity contribution in [2.24, 2.45) is 11.7 Å². The Balaban J connectivity index is 1.95. The van der Waals surface area contributed by atoms with Crippen molar-refractivity contribution in [3.05, 3.63) is 0 Å². The van der Waals surface area contributed by atoms with Crippen LogP contribution in [0.2, 0.25) is 0 Å². The molecule has 2 saturated carbocycles. The van der Waals surface area contributed by atoms with Gasteiger partial charge in [-0.1, -0.05) is 6.92 Å². The van der Waals surface area contributed by atoms with E-state index in [2.05, 4.69) is 10.2 Å². The first kappa shape index (κ1) is 12.8. The zero-order chi connectivity index (χ0) is 12.5. The van der Waals surface area contributed by atoms with E-state index in [1.807, 2.05) is 13.8 Å². The van der Waals surface area contributed by atoms with Gasteiger partial charge in [0, 0.05) is 19.1 Å². The summed E-state index contributed by atoms with van der Waals surface area (Å²) in [4.78, 5) is 14.1. The van der Waals surface area contributed by atoms with Crippen LogP contribution in [0.3, 0.4) is 0 Å². The summed E-state index contributed by atoms with van der Waals surface area (Å²) in [6.45, 7) is 6.64. The Kier molecular flexibility index (Phi) is 3.73. The summed E-state index contributed by atoms with van der Waals surface area (Å²) >= 11 is 0. The summed E-state index contributed by atoms with van der Waals surface area (Å²) < 4.78 is 0. The minimum atomic E-state index is -0.577. The molecule has 3 N–H and O–H groups in total. The first-order valence-corrected chi connectivity index (χ1v) is 6.84. The SMILES string of the molecule is CCNC(C)(CN(CC1CC1)C1CC1)C(N)=O. The molecule has 0 bridgehead atoms. The number of primary amides is 1. The molecular weight excluding hydrogens is 214 g/mol. The molecule has 0 aromatic rings. The van der Waals surface area contributed by atoms with Gasteiger partial charge in [-0.15, -0.1) is 0 Å². The molecule has 0 heterocycles. The summed E-state index contributed by atoms with van der Waals surface area (Å²) in [5.41, 5.74) is 4.97. The molecule has 4 nitrogen and oxygen atoms in total. The van der Waals surface area contributed by atoms with Gasteiger partial charge in [0.15, 0.2) is 0 Å². The van der Waals surface area contributed by atoms with Crippen molar-refractivity contribution >= 4 is 5.91 Å². The average molecular weight is 239 g/mol. The molecule has 2 aliphatic rings. The highest BCUT2D eigenvalue weighted by Crippen LogP contribution is 2.35. The largest absolute Gasteiger partial charge is 0.368 e. The number of hydrogen-bond donors (Lipinski definition) is 2. The number of carbonyl (C=O) groups is 1. The third-order valence-corrected chi connectivity index (χ3v) is 3.88. The van der Waals surface area contributed by atoms with Gasteiger partial charge in [-0.05, 0) is 45.1 Å². The zero-order valence-electron chi connectivity index (χ0n) is 11.0. The normalized spacial score (nSPS) is 23.7. The van der Waals surface area contributed by atoms with Gasteiger partial charge in [0.2, 0.25) is 5.91 Å². The lowest BCUT2D eigenvalue weighted by molar-refractivity contribution is -0.124. The minimum Gasteiger partial charge on any atom is -0.368 e. The molecule has 4 heteroatoms. The number of amides is 1. The molecule has 0 spiro atoms. The van der Waals surface area contributed by atoms with E-state index in [1.165, 1.54) is 25.7 Å². The molecule has 1 unspecified atom stereocenters. The summed E-state index contributed by atoms with van der Waals surface area (Å²) in [7, 11) is 0. The smallest absolute Gasteiger partial charge is 0.238 e.